The maximum atomic E-state index is 5.32. The van der Waals surface area contributed by atoms with Crippen molar-refractivity contribution >= 4 is 0 Å². The van der Waals surface area contributed by atoms with Crippen LogP contribution in [-0.2, 0) is 14.2 Å². The van der Waals surface area contributed by atoms with Gasteiger partial charge in [-0.2, -0.15) is 0 Å². The van der Waals surface area contributed by atoms with Crippen LogP contribution in [0.15, 0.2) is 12.2 Å². The molecule has 3 nitrogen and oxygen atoms in total. The molecule has 70 valence electrons. The van der Waals surface area contributed by atoms with E-state index in [1.54, 1.807) is 0 Å². The second-order valence-corrected chi connectivity index (χ2v) is 2.65. The van der Waals surface area contributed by atoms with Crippen LogP contribution >= 0.6 is 0 Å². The minimum atomic E-state index is -0.466. The van der Waals surface area contributed by atoms with E-state index in [-0.39, 0.29) is 0 Å². The van der Waals surface area contributed by atoms with Crippen molar-refractivity contribution in [1.82, 2.24) is 0 Å². The molecule has 0 radical (unpaired) electrons. The second kappa shape index (κ2) is 6.17. The topological polar surface area (TPSA) is 27.7 Å². The second-order valence-electron chi connectivity index (χ2n) is 2.65. The molecule has 3 heteroatoms. The van der Waals surface area contributed by atoms with Crippen molar-refractivity contribution in [3.63, 3.8) is 0 Å². The molecule has 0 aromatic carbocycles. The number of unbranched alkanes of at least 4 members (excludes halogenated alkanes) is 1. The average molecular weight is 172 g/mol. The van der Waals surface area contributed by atoms with Gasteiger partial charge in [0, 0.05) is 0 Å². The molecule has 0 aromatic heterocycles. The van der Waals surface area contributed by atoms with Gasteiger partial charge in [0.2, 0.25) is 0 Å². The van der Waals surface area contributed by atoms with Crippen LogP contribution in [0.3, 0.4) is 0 Å². The normalized spacial score (nSPS) is 19.4. The Balaban J connectivity index is 2.06. The van der Waals surface area contributed by atoms with Crippen molar-refractivity contribution in [1.29, 1.82) is 0 Å². The zero-order valence-electron chi connectivity index (χ0n) is 7.49. The Hall–Kier alpha value is -0.380. The molecule has 0 spiro atoms. The molecular weight excluding hydrogens is 156 g/mol. The smallest absolute Gasteiger partial charge is 0.272 e. The van der Waals surface area contributed by atoms with E-state index in [1.807, 2.05) is 12.2 Å². The van der Waals surface area contributed by atoms with Gasteiger partial charge >= 0.3 is 0 Å². The fraction of sp³-hybridized carbons (Fsp3) is 0.778. The largest absolute Gasteiger partial charge is 0.330 e. The van der Waals surface area contributed by atoms with E-state index in [9.17, 15) is 0 Å². The van der Waals surface area contributed by atoms with Gasteiger partial charge in [0.05, 0.1) is 19.8 Å². The lowest BCUT2D eigenvalue weighted by Crippen LogP contribution is -2.20. The summed E-state index contributed by atoms with van der Waals surface area (Å²) in [7, 11) is 0. The van der Waals surface area contributed by atoms with E-state index in [4.69, 9.17) is 14.2 Å². The lowest BCUT2D eigenvalue weighted by atomic mass is 10.4. The van der Waals surface area contributed by atoms with Crippen LogP contribution in [0.4, 0.5) is 0 Å². The molecule has 0 aromatic rings. The molecule has 0 saturated carbocycles. The molecule has 0 atom stereocenters. The Bertz CT molecular complexity index is 124. The third kappa shape index (κ3) is 3.85. The van der Waals surface area contributed by atoms with Gasteiger partial charge in [-0.15, -0.1) is 0 Å². The molecule has 1 aliphatic rings. The summed E-state index contributed by atoms with van der Waals surface area (Å²) in [5, 5.41) is 0. The van der Waals surface area contributed by atoms with Crippen molar-refractivity contribution < 1.29 is 14.2 Å². The summed E-state index contributed by atoms with van der Waals surface area (Å²) in [6.45, 7) is 3.53. The summed E-state index contributed by atoms with van der Waals surface area (Å²) >= 11 is 0. The highest BCUT2D eigenvalue weighted by molar-refractivity contribution is 4.82. The highest BCUT2D eigenvalue weighted by atomic mass is 16.8. The summed E-state index contributed by atoms with van der Waals surface area (Å²) in [4.78, 5) is 0. The van der Waals surface area contributed by atoms with Crippen LogP contribution in [0.25, 0.3) is 0 Å². The predicted octanol–water partition coefficient (Wildman–Crippen LogP) is 1.69. The van der Waals surface area contributed by atoms with Crippen molar-refractivity contribution in [3.8, 4) is 0 Å². The maximum Gasteiger partial charge on any atom is 0.272 e. The van der Waals surface area contributed by atoms with Crippen molar-refractivity contribution in [3.05, 3.63) is 12.2 Å². The summed E-state index contributed by atoms with van der Waals surface area (Å²) in [5.41, 5.74) is 0. The van der Waals surface area contributed by atoms with Crippen molar-refractivity contribution in [2.45, 2.75) is 26.2 Å². The lowest BCUT2D eigenvalue weighted by molar-refractivity contribution is -0.276. The van der Waals surface area contributed by atoms with Crippen LogP contribution in [-0.4, -0.2) is 26.3 Å². The molecule has 0 N–H and O–H groups in total. The molecule has 0 saturated heterocycles. The molecule has 12 heavy (non-hydrogen) atoms. The molecule has 1 rings (SSSR count). The summed E-state index contributed by atoms with van der Waals surface area (Å²) in [5.74, 6) is 0. The number of ether oxygens (including phenoxy) is 3. The Labute approximate surface area is 73.3 Å². The van der Waals surface area contributed by atoms with Crippen LogP contribution in [0.2, 0.25) is 0 Å². The van der Waals surface area contributed by atoms with Crippen LogP contribution in [0, 0.1) is 0 Å². The molecule has 0 amide bonds. The van der Waals surface area contributed by atoms with Crippen LogP contribution in [0.5, 0.6) is 0 Å². The Morgan fingerprint density at radius 1 is 1.33 bits per heavy atom. The van der Waals surface area contributed by atoms with Crippen LogP contribution in [0.1, 0.15) is 19.8 Å². The quantitative estimate of drug-likeness (QED) is 0.477. The van der Waals surface area contributed by atoms with Gasteiger partial charge in [-0.05, 0) is 6.42 Å². The molecule has 1 aliphatic heterocycles. The van der Waals surface area contributed by atoms with E-state index in [1.165, 1.54) is 0 Å². The van der Waals surface area contributed by atoms with Gasteiger partial charge in [0.25, 0.3) is 6.48 Å². The van der Waals surface area contributed by atoms with Gasteiger partial charge in [0.15, 0.2) is 0 Å². The van der Waals surface area contributed by atoms with Gasteiger partial charge in [-0.3, -0.25) is 0 Å². The molecule has 0 unspecified atom stereocenters. The van der Waals surface area contributed by atoms with Gasteiger partial charge in [-0.1, -0.05) is 25.5 Å². The fourth-order valence-electron chi connectivity index (χ4n) is 0.873. The predicted molar refractivity (Wildman–Crippen MR) is 45.7 cm³/mol. The lowest BCUT2D eigenvalue weighted by Gasteiger charge is -2.15. The van der Waals surface area contributed by atoms with Gasteiger partial charge in [-0.25, -0.2) is 0 Å². The van der Waals surface area contributed by atoms with E-state index >= 15 is 0 Å². The first-order chi connectivity index (χ1) is 5.93. The van der Waals surface area contributed by atoms with Gasteiger partial charge in [0.1, 0.15) is 0 Å². The zero-order chi connectivity index (χ0) is 8.65. The molecule has 0 fully saturated rings. The van der Waals surface area contributed by atoms with E-state index in [0.29, 0.717) is 19.8 Å². The van der Waals surface area contributed by atoms with E-state index in [0.717, 1.165) is 12.8 Å². The minimum Gasteiger partial charge on any atom is -0.330 e. The minimum absolute atomic E-state index is 0.466. The first kappa shape index (κ1) is 9.71. The molecule has 1 heterocycles. The first-order valence-electron chi connectivity index (χ1n) is 4.43. The van der Waals surface area contributed by atoms with E-state index < -0.39 is 6.48 Å². The Morgan fingerprint density at radius 3 is 2.58 bits per heavy atom. The number of hydrogen-bond donors (Lipinski definition) is 0. The van der Waals surface area contributed by atoms with Gasteiger partial charge < -0.3 is 14.2 Å². The first-order valence-corrected chi connectivity index (χ1v) is 4.43. The zero-order valence-corrected chi connectivity index (χ0v) is 7.49. The van der Waals surface area contributed by atoms with Crippen molar-refractivity contribution in [2.75, 3.05) is 19.8 Å². The monoisotopic (exact) mass is 172 g/mol. The highest BCUT2D eigenvalue weighted by Crippen LogP contribution is 2.03. The molecule has 0 aliphatic carbocycles. The fourth-order valence-corrected chi connectivity index (χ4v) is 0.873. The van der Waals surface area contributed by atoms with E-state index in [2.05, 4.69) is 6.92 Å². The molecular formula is C9H16O3. The Morgan fingerprint density at radius 2 is 2.00 bits per heavy atom. The van der Waals surface area contributed by atoms with Crippen LogP contribution < -0.4 is 0 Å². The third-order valence-electron chi connectivity index (χ3n) is 1.58. The standard InChI is InChI=1S/C9H16O3/c1-2-3-6-10-9-11-7-4-5-8-12-9/h4-5,9H,2-3,6-8H2,1H3. The molecule has 0 bridgehead atoms. The number of rotatable bonds is 4. The SMILES string of the molecule is CCCCOC1OCC=CCO1. The average Bonchev–Trinajstić information content (AvgIpc) is 2.33. The third-order valence-corrected chi connectivity index (χ3v) is 1.58. The summed E-state index contributed by atoms with van der Waals surface area (Å²) in [6.07, 6.45) is 6.05. The summed E-state index contributed by atoms with van der Waals surface area (Å²) < 4.78 is 15.8. The highest BCUT2D eigenvalue weighted by Gasteiger charge is 2.09. The summed E-state index contributed by atoms with van der Waals surface area (Å²) in [6, 6.07) is 0. The number of hydrogen-bond acceptors (Lipinski definition) is 3. The maximum absolute atomic E-state index is 5.32. The Kier molecular flexibility index (Phi) is 4.99. The van der Waals surface area contributed by atoms with Crippen molar-refractivity contribution in [2.24, 2.45) is 0 Å².